The number of hydrogen-bond acceptors (Lipinski definition) is 11. The number of imidazole rings is 2. The first-order valence-electron chi connectivity index (χ1n) is 13.6. The number of H-pyrrole nitrogens is 1. The van der Waals surface area contributed by atoms with Gasteiger partial charge < -0.3 is 19.9 Å². The third kappa shape index (κ3) is 8.44. The average molecular weight is 726 g/mol. The summed E-state index contributed by atoms with van der Waals surface area (Å²) in [6, 6.07) is 2.61. The van der Waals surface area contributed by atoms with Crippen LogP contribution in [0.3, 0.4) is 0 Å². The normalized spacial score (nSPS) is 27.0. The van der Waals surface area contributed by atoms with E-state index in [1.54, 1.807) is 6.92 Å². The molecule has 15 nitrogen and oxygen atoms in total. The molecule has 2 fully saturated rings. The fourth-order valence-corrected chi connectivity index (χ4v) is 5.81. The number of rotatable bonds is 5. The summed E-state index contributed by atoms with van der Waals surface area (Å²) in [5, 5.41) is 21.0. The minimum absolute atomic E-state index is 0. The van der Waals surface area contributed by atoms with Crippen LogP contribution >= 0.6 is 15.9 Å². The van der Waals surface area contributed by atoms with Gasteiger partial charge in [0, 0.05) is 36.4 Å². The molecule has 19 heteroatoms. The van der Waals surface area contributed by atoms with Crippen LogP contribution < -0.4 is 51.4 Å². The average Bonchev–Trinajstić information content (AvgIpc) is 3.77. The predicted molar refractivity (Wildman–Crippen MR) is 157 cm³/mol. The third-order valence-electron chi connectivity index (χ3n) is 7.54. The number of nitro groups is 2. The molecule has 0 spiro atoms. The number of halogens is 3. The van der Waals surface area contributed by atoms with Crippen LogP contribution in [-0.4, -0.2) is 74.4 Å². The topological polar surface area (TPSA) is 207 Å². The van der Waals surface area contributed by atoms with Crippen molar-refractivity contribution in [3.63, 3.8) is 0 Å². The van der Waals surface area contributed by atoms with Crippen molar-refractivity contribution >= 4 is 49.6 Å². The molecule has 2 aliphatic heterocycles. The maximum absolute atomic E-state index is 14.4. The van der Waals surface area contributed by atoms with E-state index in [1.807, 2.05) is 20.8 Å². The molecule has 6 heterocycles. The Morgan fingerprint density at radius 3 is 2.04 bits per heavy atom. The van der Waals surface area contributed by atoms with Gasteiger partial charge in [-0.1, -0.05) is 43.6 Å². The van der Waals surface area contributed by atoms with Crippen LogP contribution in [0, 0.1) is 32.1 Å². The van der Waals surface area contributed by atoms with Gasteiger partial charge in [-0.25, -0.2) is 28.7 Å². The molecule has 8 atom stereocenters. The molecule has 0 unspecified atom stereocenters. The Kier molecular flexibility index (Phi) is 14.9. The van der Waals surface area contributed by atoms with E-state index < -0.39 is 28.4 Å². The molecule has 240 valence electrons. The number of aromatic nitrogens is 6. The van der Waals surface area contributed by atoms with Crippen molar-refractivity contribution in [3.05, 3.63) is 57.4 Å². The summed E-state index contributed by atoms with van der Waals surface area (Å²) in [6.45, 7) is 7.64. The van der Waals surface area contributed by atoms with E-state index in [0.29, 0.717) is 17.6 Å². The van der Waals surface area contributed by atoms with Crippen LogP contribution in [-0.2, 0) is 9.47 Å². The van der Waals surface area contributed by atoms with Crippen molar-refractivity contribution in [1.29, 1.82) is 0 Å². The zero-order chi connectivity index (χ0) is 31.4. The monoisotopic (exact) mass is 724 g/mol. The summed E-state index contributed by atoms with van der Waals surface area (Å²) >= 11 is 3.13. The van der Waals surface area contributed by atoms with Gasteiger partial charge in [-0.2, -0.15) is 0 Å². The van der Waals surface area contributed by atoms with Gasteiger partial charge in [0.15, 0.2) is 34.7 Å². The SMILES string of the molecule is CC[C@H]1O[C@@H](n2cnc3c([N+](=O)[O-])ccnc32)[C@@H](F)[C@@H]1C.CC[C@H]1O[C@H](Br)[C@@H](F)[C@@H]1C.O=[N+]([O-])c1ccnc2nc[nH]c12.[K+].[OH-]. The smallest absolute Gasteiger partial charge is 0.870 e. The van der Waals surface area contributed by atoms with Gasteiger partial charge in [-0.05, 0) is 12.8 Å². The van der Waals surface area contributed by atoms with Gasteiger partial charge in [0.05, 0.1) is 34.7 Å². The van der Waals surface area contributed by atoms with Gasteiger partial charge >= 0.3 is 51.4 Å². The van der Waals surface area contributed by atoms with Crippen molar-refractivity contribution in [3.8, 4) is 0 Å². The molecule has 2 N–H and O–H groups in total. The molecular formula is C26H32BrF2KN8O7. The van der Waals surface area contributed by atoms with Gasteiger partial charge in [0.2, 0.25) is 0 Å². The summed E-state index contributed by atoms with van der Waals surface area (Å²) in [5.41, 5.74) is 0.989. The van der Waals surface area contributed by atoms with Crippen molar-refractivity contribution in [1.82, 2.24) is 29.5 Å². The molecular weight excluding hydrogens is 693 g/mol. The molecule has 4 aromatic rings. The van der Waals surface area contributed by atoms with Gasteiger partial charge in [0.1, 0.15) is 11.2 Å². The molecule has 0 aromatic carbocycles. The van der Waals surface area contributed by atoms with Crippen molar-refractivity contribution < 1.29 is 85.0 Å². The summed E-state index contributed by atoms with van der Waals surface area (Å²) in [6.07, 6.45) is 4.05. The molecule has 2 aliphatic rings. The van der Waals surface area contributed by atoms with Crippen molar-refractivity contribution in [2.45, 2.75) is 76.3 Å². The summed E-state index contributed by atoms with van der Waals surface area (Å²) < 4.78 is 39.9. The Morgan fingerprint density at radius 2 is 1.51 bits per heavy atom. The quantitative estimate of drug-likeness (QED) is 0.137. The largest absolute Gasteiger partial charge is 1.00 e. The zero-order valence-corrected chi connectivity index (χ0v) is 29.9. The number of nitrogens with one attached hydrogen (secondary N) is 1. The number of alkyl halides is 3. The number of aromatic amines is 1. The first-order valence-corrected chi connectivity index (χ1v) is 14.5. The number of ether oxygens (including phenoxy) is 2. The van der Waals surface area contributed by atoms with E-state index in [9.17, 15) is 29.0 Å². The van der Waals surface area contributed by atoms with Crippen LogP contribution in [0.15, 0.2) is 37.2 Å². The van der Waals surface area contributed by atoms with E-state index >= 15 is 0 Å². The third-order valence-corrected chi connectivity index (χ3v) is 8.26. The standard InChI is InChI=1S/C13H15FN4O3.C7H12BrFO.C6H4N4O2.K.H2O/c1-3-9-7(2)10(14)13(21-9)17-6-16-11-8(18(19)20)4-5-15-12(11)17;1-3-5-4(2)6(9)7(8)10-5;11-10(12)4-1-2-7-6-5(4)8-3-9-6;;/h4-7,9-10,13H,3H2,1-2H3;4-7H,3H2,1-2H3;1-3H,(H,7,8,9);;1H2/q;;;+1;/p-1/t7-,9-,10+,13-;4-,5-,6+,7+;;;/m11.../s1. The van der Waals surface area contributed by atoms with Crippen LogP contribution in [0.5, 0.6) is 0 Å². The second kappa shape index (κ2) is 17.2. The molecule has 2 saturated heterocycles. The first-order chi connectivity index (χ1) is 20.5. The van der Waals surface area contributed by atoms with Gasteiger partial charge in [-0.3, -0.25) is 24.8 Å². The molecule has 45 heavy (non-hydrogen) atoms. The maximum Gasteiger partial charge on any atom is 1.00 e. The fraction of sp³-hybridized carbons (Fsp3) is 0.538. The Bertz CT molecular complexity index is 1580. The second-order valence-electron chi connectivity index (χ2n) is 10.1. The van der Waals surface area contributed by atoms with Crippen LogP contribution in [0.25, 0.3) is 22.3 Å². The molecule has 0 radical (unpaired) electrons. The Hall–Kier alpha value is -2.10. The number of pyridine rings is 2. The van der Waals surface area contributed by atoms with Crippen LogP contribution in [0.4, 0.5) is 20.2 Å². The van der Waals surface area contributed by atoms with Crippen LogP contribution in [0.1, 0.15) is 46.8 Å². The Morgan fingerprint density at radius 1 is 0.933 bits per heavy atom. The van der Waals surface area contributed by atoms with Crippen LogP contribution in [0.2, 0.25) is 0 Å². The maximum atomic E-state index is 14.4. The Labute approximate surface area is 307 Å². The number of fused-ring (bicyclic) bond motifs is 2. The summed E-state index contributed by atoms with van der Waals surface area (Å²) in [5.74, 6) is -0.203. The van der Waals surface area contributed by atoms with Gasteiger partial charge in [0.25, 0.3) is 11.4 Å². The minimum atomic E-state index is -1.20. The van der Waals surface area contributed by atoms with E-state index in [2.05, 4.69) is 40.8 Å². The van der Waals surface area contributed by atoms with E-state index in [4.69, 9.17) is 9.47 Å². The molecule has 0 bridgehead atoms. The molecule has 6 rings (SSSR count). The second-order valence-corrected chi connectivity index (χ2v) is 11.0. The first kappa shape index (κ1) is 39.1. The van der Waals surface area contributed by atoms with Crippen molar-refractivity contribution in [2.75, 3.05) is 0 Å². The van der Waals surface area contributed by atoms with E-state index in [-0.39, 0.29) is 108 Å². The number of nitrogens with zero attached hydrogens (tertiary/aromatic N) is 7. The minimum Gasteiger partial charge on any atom is -0.870 e. The Balaban J connectivity index is 0.000000251. The fourth-order valence-electron chi connectivity index (χ4n) is 5.05. The zero-order valence-electron chi connectivity index (χ0n) is 25.2. The summed E-state index contributed by atoms with van der Waals surface area (Å²) in [4.78, 5) is 38.8. The molecule has 0 amide bonds. The molecule has 4 aromatic heterocycles. The number of hydrogen-bond donors (Lipinski definition) is 1. The van der Waals surface area contributed by atoms with Crippen molar-refractivity contribution in [2.24, 2.45) is 11.8 Å². The van der Waals surface area contributed by atoms with E-state index in [0.717, 1.165) is 6.42 Å². The van der Waals surface area contributed by atoms with E-state index in [1.165, 1.54) is 41.7 Å². The molecule has 0 aliphatic carbocycles. The summed E-state index contributed by atoms with van der Waals surface area (Å²) in [7, 11) is 0. The van der Waals surface area contributed by atoms with Gasteiger partial charge in [-0.15, -0.1) is 0 Å². The molecule has 0 saturated carbocycles. The predicted octanol–water partition coefficient (Wildman–Crippen LogP) is 2.80.